The maximum Gasteiger partial charge on any atom is 0.305 e. The Labute approximate surface area is 160 Å². The number of aromatic hydroxyl groups is 1. The van der Waals surface area contributed by atoms with Crippen molar-refractivity contribution in [2.75, 3.05) is 13.2 Å². The van der Waals surface area contributed by atoms with Crippen molar-refractivity contribution in [1.82, 2.24) is 5.32 Å². The van der Waals surface area contributed by atoms with Crippen molar-refractivity contribution in [2.45, 2.75) is 18.9 Å². The molecule has 146 valence electrons. The van der Waals surface area contributed by atoms with E-state index in [-0.39, 0.29) is 54.6 Å². The molecule has 0 aromatic heterocycles. The number of hydrogen-bond acceptors (Lipinski definition) is 6. The number of hydrogen-bond donors (Lipinski definition) is 3. The van der Waals surface area contributed by atoms with Crippen molar-refractivity contribution in [3.05, 3.63) is 53.6 Å². The van der Waals surface area contributed by atoms with E-state index in [0.29, 0.717) is 0 Å². The first-order valence-electron chi connectivity index (χ1n) is 8.67. The number of carbonyl (C=O) groups excluding carboxylic acids is 2. The molecular formula is C20H19NO7. The number of rotatable bonds is 7. The quantitative estimate of drug-likeness (QED) is 0.667. The summed E-state index contributed by atoms with van der Waals surface area (Å²) in [4.78, 5) is 34.6. The lowest BCUT2D eigenvalue weighted by Gasteiger charge is -2.26. The van der Waals surface area contributed by atoms with Gasteiger partial charge in [-0.3, -0.25) is 14.4 Å². The number of amides is 1. The van der Waals surface area contributed by atoms with Gasteiger partial charge in [0.1, 0.15) is 28.9 Å². The normalized spacial score (nSPS) is 15.3. The molecule has 0 saturated heterocycles. The summed E-state index contributed by atoms with van der Waals surface area (Å²) in [7, 11) is 0. The van der Waals surface area contributed by atoms with Gasteiger partial charge >= 0.3 is 5.97 Å². The Morgan fingerprint density at radius 2 is 1.96 bits per heavy atom. The molecule has 1 amide bonds. The Bertz CT molecular complexity index is 895. The smallest absolute Gasteiger partial charge is 0.305 e. The van der Waals surface area contributed by atoms with Crippen molar-refractivity contribution >= 4 is 17.7 Å². The van der Waals surface area contributed by atoms with Crippen LogP contribution < -0.4 is 14.8 Å². The maximum absolute atomic E-state index is 12.4. The van der Waals surface area contributed by atoms with E-state index in [1.807, 2.05) is 30.3 Å². The van der Waals surface area contributed by atoms with Gasteiger partial charge in [0, 0.05) is 18.7 Å². The molecule has 8 nitrogen and oxygen atoms in total. The summed E-state index contributed by atoms with van der Waals surface area (Å²) in [6.07, 6.45) is -0.561. The van der Waals surface area contributed by atoms with Crippen LogP contribution in [0.4, 0.5) is 0 Å². The molecule has 3 rings (SSSR count). The molecule has 1 aliphatic rings. The van der Waals surface area contributed by atoms with E-state index in [1.54, 1.807) is 0 Å². The molecule has 2 aromatic carbocycles. The third-order valence-corrected chi connectivity index (χ3v) is 4.18. The maximum atomic E-state index is 12.4. The Balaban J connectivity index is 1.69. The Hall–Kier alpha value is -3.55. The zero-order chi connectivity index (χ0) is 20.1. The van der Waals surface area contributed by atoms with Gasteiger partial charge in [0.15, 0.2) is 12.4 Å². The third kappa shape index (κ3) is 4.59. The molecule has 1 heterocycles. The van der Waals surface area contributed by atoms with Crippen LogP contribution >= 0.6 is 0 Å². The van der Waals surface area contributed by atoms with Gasteiger partial charge in [0.05, 0.1) is 12.8 Å². The lowest BCUT2D eigenvalue weighted by Crippen LogP contribution is -2.30. The summed E-state index contributed by atoms with van der Waals surface area (Å²) < 4.78 is 11.2. The van der Waals surface area contributed by atoms with Crippen LogP contribution in [0.1, 0.15) is 34.9 Å². The van der Waals surface area contributed by atoms with Crippen LogP contribution in [-0.4, -0.2) is 41.0 Å². The minimum absolute atomic E-state index is 0.0106. The van der Waals surface area contributed by atoms with Crippen molar-refractivity contribution < 1.29 is 34.1 Å². The van der Waals surface area contributed by atoms with Crippen LogP contribution in [0.5, 0.6) is 17.2 Å². The molecule has 0 radical (unpaired) electrons. The summed E-state index contributed by atoms with van der Waals surface area (Å²) in [5.41, 5.74) is 0.926. The Morgan fingerprint density at radius 3 is 2.68 bits per heavy atom. The first-order valence-corrected chi connectivity index (χ1v) is 8.67. The molecule has 0 fully saturated rings. The molecule has 28 heavy (non-hydrogen) atoms. The second-order valence-electron chi connectivity index (χ2n) is 6.24. The summed E-state index contributed by atoms with van der Waals surface area (Å²) in [6, 6.07) is 12.0. The Morgan fingerprint density at radius 1 is 1.21 bits per heavy atom. The first-order chi connectivity index (χ1) is 13.4. The third-order valence-electron chi connectivity index (χ3n) is 4.18. The molecule has 1 atom stereocenters. The van der Waals surface area contributed by atoms with E-state index in [0.717, 1.165) is 5.56 Å². The zero-order valence-corrected chi connectivity index (χ0v) is 14.9. The number of ether oxygens (including phenoxy) is 2. The van der Waals surface area contributed by atoms with Gasteiger partial charge in [-0.15, -0.1) is 0 Å². The zero-order valence-electron chi connectivity index (χ0n) is 14.9. The number of phenolic OH excluding ortho intramolecular Hbond substituents is 1. The van der Waals surface area contributed by atoms with Gasteiger partial charge in [-0.2, -0.15) is 0 Å². The van der Waals surface area contributed by atoms with Gasteiger partial charge in [-0.25, -0.2) is 0 Å². The average molecular weight is 385 g/mol. The van der Waals surface area contributed by atoms with Gasteiger partial charge < -0.3 is 25.0 Å². The fraction of sp³-hybridized carbons (Fsp3) is 0.250. The average Bonchev–Trinajstić information content (AvgIpc) is 2.66. The van der Waals surface area contributed by atoms with Crippen LogP contribution in [0.15, 0.2) is 42.5 Å². The molecule has 0 saturated carbocycles. The number of nitrogens with one attached hydrogen (secondary N) is 1. The van der Waals surface area contributed by atoms with E-state index < -0.39 is 18.0 Å². The van der Waals surface area contributed by atoms with Gasteiger partial charge in [0.2, 0.25) is 0 Å². The lowest BCUT2D eigenvalue weighted by atomic mass is 9.95. The molecule has 0 spiro atoms. The second kappa shape index (κ2) is 8.43. The highest BCUT2D eigenvalue weighted by Crippen LogP contribution is 2.41. The number of ketones is 1. The highest BCUT2D eigenvalue weighted by Gasteiger charge is 2.30. The predicted octanol–water partition coefficient (Wildman–Crippen LogP) is 2.07. The molecule has 1 unspecified atom stereocenters. The number of Topliss-reactive ketones (excluding diaryl/α,β-unsaturated/α-hetero) is 1. The van der Waals surface area contributed by atoms with Gasteiger partial charge in [0.25, 0.3) is 5.91 Å². The molecular weight excluding hydrogens is 366 g/mol. The van der Waals surface area contributed by atoms with Gasteiger partial charge in [-0.1, -0.05) is 30.3 Å². The number of carboxylic acids is 1. The molecule has 0 aliphatic carbocycles. The number of carbonyl (C=O) groups is 3. The standard InChI is InChI=1S/C20H19NO7/c22-14-8-13(27-11-18(24)21-7-6-19(25)26)9-17-20(14)15(23)10-16(28-17)12-4-2-1-3-5-12/h1-5,8-9,16,22H,6-7,10-11H2,(H,21,24)(H,25,26). The number of aliphatic carboxylic acids is 1. The summed E-state index contributed by atoms with van der Waals surface area (Å²) in [5.74, 6) is -1.70. The van der Waals surface area contributed by atoms with Crippen LogP contribution in [0.2, 0.25) is 0 Å². The van der Waals surface area contributed by atoms with Crippen molar-refractivity contribution in [1.29, 1.82) is 0 Å². The van der Waals surface area contributed by atoms with Crippen molar-refractivity contribution in [3.63, 3.8) is 0 Å². The minimum Gasteiger partial charge on any atom is -0.507 e. The van der Waals surface area contributed by atoms with Crippen LogP contribution in [0.3, 0.4) is 0 Å². The summed E-state index contributed by atoms with van der Waals surface area (Å²) in [5, 5.41) is 21.1. The number of benzene rings is 2. The summed E-state index contributed by atoms with van der Waals surface area (Å²) in [6.45, 7) is -0.378. The topological polar surface area (TPSA) is 122 Å². The van der Waals surface area contributed by atoms with Gasteiger partial charge in [-0.05, 0) is 5.56 Å². The van der Waals surface area contributed by atoms with Crippen molar-refractivity contribution in [3.8, 4) is 17.2 Å². The minimum atomic E-state index is -1.02. The van der Waals surface area contributed by atoms with E-state index in [2.05, 4.69) is 5.32 Å². The lowest BCUT2D eigenvalue weighted by molar-refractivity contribution is -0.137. The van der Waals surface area contributed by atoms with Crippen LogP contribution in [0, 0.1) is 0 Å². The number of fused-ring (bicyclic) bond motifs is 1. The number of phenols is 1. The van der Waals surface area contributed by atoms with E-state index >= 15 is 0 Å². The molecule has 1 aliphatic heterocycles. The van der Waals surface area contributed by atoms with E-state index in [4.69, 9.17) is 14.6 Å². The SMILES string of the molecule is O=C(O)CCNC(=O)COc1cc(O)c2c(c1)OC(c1ccccc1)CC2=O. The van der Waals surface area contributed by atoms with Crippen molar-refractivity contribution in [2.24, 2.45) is 0 Å². The summed E-state index contributed by atoms with van der Waals surface area (Å²) >= 11 is 0. The predicted molar refractivity (Wildman–Crippen MR) is 97.6 cm³/mol. The molecule has 8 heteroatoms. The fourth-order valence-corrected chi connectivity index (χ4v) is 2.86. The molecule has 2 aromatic rings. The monoisotopic (exact) mass is 385 g/mol. The van der Waals surface area contributed by atoms with E-state index in [9.17, 15) is 19.5 Å². The first kappa shape index (κ1) is 19.2. The molecule has 0 bridgehead atoms. The molecule has 3 N–H and O–H groups in total. The van der Waals surface area contributed by atoms with E-state index in [1.165, 1.54) is 12.1 Å². The highest BCUT2D eigenvalue weighted by atomic mass is 16.5. The Kier molecular flexibility index (Phi) is 5.78. The number of carboxylic acid groups (broad SMARTS) is 1. The van der Waals surface area contributed by atoms with Crippen LogP contribution in [-0.2, 0) is 9.59 Å². The fourth-order valence-electron chi connectivity index (χ4n) is 2.86. The largest absolute Gasteiger partial charge is 0.507 e. The van der Waals surface area contributed by atoms with Crippen LogP contribution in [0.25, 0.3) is 0 Å². The highest BCUT2D eigenvalue weighted by molar-refractivity contribution is 6.02. The second-order valence-corrected chi connectivity index (χ2v) is 6.24.